The van der Waals surface area contributed by atoms with Crippen LogP contribution in [-0.4, -0.2) is 8.42 Å². The summed E-state index contributed by atoms with van der Waals surface area (Å²) in [6.07, 6.45) is 0. The summed E-state index contributed by atoms with van der Waals surface area (Å²) in [5.41, 5.74) is 1.61. The van der Waals surface area contributed by atoms with Gasteiger partial charge in [0.15, 0.2) is 0 Å². The van der Waals surface area contributed by atoms with Gasteiger partial charge in [0.2, 0.25) is 10.0 Å². The summed E-state index contributed by atoms with van der Waals surface area (Å²) in [5.74, 6) is -0.590. The van der Waals surface area contributed by atoms with Crippen LogP contribution in [0.4, 0.5) is 4.39 Å². The Morgan fingerprint density at radius 3 is 2.43 bits per heavy atom. The maximum Gasteiger partial charge on any atom is 0.216 e. The van der Waals surface area contributed by atoms with Crippen molar-refractivity contribution < 1.29 is 12.8 Å². The minimum Gasteiger partial charge on any atom is -0.212 e. The minimum absolute atomic E-state index is 0.0381. The van der Waals surface area contributed by atoms with Gasteiger partial charge in [-0.3, -0.25) is 0 Å². The van der Waals surface area contributed by atoms with Crippen molar-refractivity contribution in [2.24, 2.45) is 0 Å². The predicted molar refractivity (Wildman–Crippen MR) is 77.0 cm³/mol. The van der Waals surface area contributed by atoms with Crippen molar-refractivity contribution in [3.05, 3.63) is 71.0 Å². The first-order valence-corrected chi connectivity index (χ1v) is 7.84. The average Bonchev–Trinajstić information content (AvgIpc) is 2.46. The zero-order chi connectivity index (χ0) is 15.3. The van der Waals surface area contributed by atoms with Crippen LogP contribution < -0.4 is 4.72 Å². The lowest BCUT2D eigenvalue weighted by Gasteiger charge is -2.07. The molecule has 21 heavy (non-hydrogen) atoms. The quantitative estimate of drug-likeness (QED) is 0.921. The topological polar surface area (TPSA) is 70.0 Å². The second kappa shape index (κ2) is 6.48. The molecular weight excluding hydrogens is 291 g/mol. The molecule has 0 aliphatic rings. The summed E-state index contributed by atoms with van der Waals surface area (Å²) < 4.78 is 39.3. The summed E-state index contributed by atoms with van der Waals surface area (Å²) in [6, 6.07) is 14.1. The maximum atomic E-state index is 13.0. The molecule has 6 heteroatoms. The van der Waals surface area contributed by atoms with Gasteiger partial charge in [-0.1, -0.05) is 24.3 Å². The first-order chi connectivity index (χ1) is 9.98. The summed E-state index contributed by atoms with van der Waals surface area (Å²) in [5, 5.41) is 8.68. The second-order valence-corrected chi connectivity index (χ2v) is 6.33. The van der Waals surface area contributed by atoms with Gasteiger partial charge in [-0.15, -0.1) is 0 Å². The van der Waals surface area contributed by atoms with Crippen LogP contribution in [0, 0.1) is 17.1 Å². The van der Waals surface area contributed by atoms with E-state index in [-0.39, 0.29) is 12.3 Å². The van der Waals surface area contributed by atoms with Crippen LogP contribution in [0.1, 0.15) is 16.7 Å². The highest BCUT2D eigenvalue weighted by atomic mass is 32.2. The molecule has 2 aromatic carbocycles. The fourth-order valence-corrected chi connectivity index (χ4v) is 2.91. The predicted octanol–water partition coefficient (Wildman–Crippen LogP) is 2.32. The summed E-state index contributed by atoms with van der Waals surface area (Å²) in [6.45, 7) is 0.0381. The number of sulfonamides is 1. The van der Waals surface area contributed by atoms with E-state index in [2.05, 4.69) is 4.72 Å². The van der Waals surface area contributed by atoms with Crippen molar-refractivity contribution in [1.82, 2.24) is 4.72 Å². The molecule has 0 atom stereocenters. The van der Waals surface area contributed by atoms with Gasteiger partial charge in [-0.05, 0) is 35.4 Å². The number of hydrogen-bond acceptors (Lipinski definition) is 3. The molecule has 0 radical (unpaired) electrons. The van der Waals surface area contributed by atoms with Gasteiger partial charge in [0, 0.05) is 6.54 Å². The number of benzene rings is 2. The highest BCUT2D eigenvalue weighted by Gasteiger charge is 2.11. The van der Waals surface area contributed by atoms with Gasteiger partial charge in [0.1, 0.15) is 5.82 Å². The van der Waals surface area contributed by atoms with E-state index in [4.69, 9.17) is 5.26 Å². The van der Waals surface area contributed by atoms with E-state index in [1.807, 2.05) is 6.07 Å². The Morgan fingerprint density at radius 1 is 1.10 bits per heavy atom. The molecule has 0 unspecified atom stereocenters. The van der Waals surface area contributed by atoms with Gasteiger partial charge in [0.25, 0.3) is 0 Å². The molecule has 2 aromatic rings. The Hall–Kier alpha value is -2.23. The van der Waals surface area contributed by atoms with Crippen molar-refractivity contribution in [1.29, 1.82) is 5.26 Å². The number of nitrogens with one attached hydrogen (secondary N) is 1. The van der Waals surface area contributed by atoms with Gasteiger partial charge >= 0.3 is 0 Å². The van der Waals surface area contributed by atoms with E-state index in [1.54, 1.807) is 30.3 Å². The third-order valence-corrected chi connectivity index (χ3v) is 4.12. The van der Waals surface area contributed by atoms with Crippen molar-refractivity contribution in [3.63, 3.8) is 0 Å². The Kier molecular flexibility index (Phi) is 4.68. The minimum atomic E-state index is -3.52. The number of nitrogens with zero attached hydrogens (tertiary/aromatic N) is 1. The van der Waals surface area contributed by atoms with Crippen LogP contribution >= 0.6 is 0 Å². The molecule has 0 aliphatic heterocycles. The van der Waals surface area contributed by atoms with Gasteiger partial charge < -0.3 is 0 Å². The average molecular weight is 304 g/mol. The molecule has 0 saturated heterocycles. The summed E-state index contributed by atoms with van der Waals surface area (Å²) >= 11 is 0. The Bertz CT molecular complexity index is 765. The summed E-state index contributed by atoms with van der Waals surface area (Å²) in [7, 11) is -3.52. The summed E-state index contributed by atoms with van der Waals surface area (Å²) in [4.78, 5) is 0. The van der Waals surface area contributed by atoms with Gasteiger partial charge in [-0.2, -0.15) is 5.26 Å². The second-order valence-electron chi connectivity index (χ2n) is 4.52. The molecule has 2 rings (SSSR count). The fourth-order valence-electron chi connectivity index (χ4n) is 1.79. The molecular formula is C15H13FN2O2S. The Morgan fingerprint density at radius 2 is 1.81 bits per heavy atom. The van der Waals surface area contributed by atoms with E-state index < -0.39 is 15.8 Å². The first kappa shape index (κ1) is 15.2. The van der Waals surface area contributed by atoms with E-state index in [1.165, 1.54) is 18.2 Å². The van der Waals surface area contributed by atoms with Crippen molar-refractivity contribution in [2.45, 2.75) is 12.3 Å². The van der Waals surface area contributed by atoms with Crippen molar-refractivity contribution in [3.8, 4) is 6.07 Å². The lowest BCUT2D eigenvalue weighted by atomic mass is 10.2. The highest BCUT2D eigenvalue weighted by molar-refractivity contribution is 7.88. The van der Waals surface area contributed by atoms with Crippen molar-refractivity contribution in [2.75, 3.05) is 0 Å². The zero-order valence-electron chi connectivity index (χ0n) is 11.1. The molecule has 0 amide bonds. The molecule has 1 N–H and O–H groups in total. The molecule has 0 fully saturated rings. The highest BCUT2D eigenvalue weighted by Crippen LogP contribution is 2.08. The number of hydrogen-bond donors (Lipinski definition) is 1. The zero-order valence-corrected chi connectivity index (χ0v) is 11.9. The van der Waals surface area contributed by atoms with Crippen molar-refractivity contribution >= 4 is 10.0 Å². The smallest absolute Gasteiger partial charge is 0.212 e. The van der Waals surface area contributed by atoms with E-state index >= 15 is 0 Å². The van der Waals surface area contributed by atoms with Crippen LogP contribution in [0.5, 0.6) is 0 Å². The van der Waals surface area contributed by atoms with Crippen LogP contribution in [0.25, 0.3) is 0 Å². The maximum absolute atomic E-state index is 13.0. The molecule has 0 heterocycles. The lowest BCUT2D eigenvalue weighted by molar-refractivity contribution is 0.579. The lowest BCUT2D eigenvalue weighted by Crippen LogP contribution is -2.24. The largest absolute Gasteiger partial charge is 0.216 e. The molecule has 0 aliphatic carbocycles. The van der Waals surface area contributed by atoms with Gasteiger partial charge in [0.05, 0.1) is 17.4 Å². The van der Waals surface area contributed by atoms with E-state index in [0.29, 0.717) is 16.7 Å². The normalized spacial score (nSPS) is 11.0. The molecule has 0 bridgehead atoms. The molecule has 4 nitrogen and oxygen atoms in total. The Balaban J connectivity index is 2.00. The van der Waals surface area contributed by atoms with Crippen LogP contribution in [0.2, 0.25) is 0 Å². The molecule has 0 aromatic heterocycles. The molecule has 0 saturated carbocycles. The molecule has 0 spiro atoms. The third kappa shape index (κ3) is 4.67. The fraction of sp³-hybridized carbons (Fsp3) is 0.133. The monoisotopic (exact) mass is 304 g/mol. The van der Waals surface area contributed by atoms with Crippen LogP contribution in [0.15, 0.2) is 48.5 Å². The molecule has 108 valence electrons. The SMILES string of the molecule is N#Cc1ccc(CS(=O)(=O)NCc2cccc(F)c2)cc1. The van der Waals surface area contributed by atoms with Crippen LogP contribution in [0.3, 0.4) is 0 Å². The van der Waals surface area contributed by atoms with Gasteiger partial charge in [-0.25, -0.2) is 17.5 Å². The number of halogens is 1. The third-order valence-electron chi connectivity index (χ3n) is 2.82. The van der Waals surface area contributed by atoms with E-state index in [9.17, 15) is 12.8 Å². The van der Waals surface area contributed by atoms with Crippen LogP contribution in [-0.2, 0) is 22.3 Å². The number of nitriles is 1. The number of rotatable bonds is 5. The van der Waals surface area contributed by atoms with E-state index in [0.717, 1.165) is 0 Å². The first-order valence-electron chi connectivity index (χ1n) is 6.19. The Labute approximate surface area is 122 Å². The standard InChI is InChI=1S/C15H13FN2O2S/c16-15-3-1-2-14(8-15)10-18-21(19,20)11-13-6-4-12(9-17)5-7-13/h1-8,18H,10-11H2.